The van der Waals surface area contributed by atoms with Crippen molar-refractivity contribution >= 4 is 11.9 Å². The third-order valence-corrected chi connectivity index (χ3v) is 3.74. The molecule has 0 bridgehead atoms. The fraction of sp³-hybridized carbons (Fsp3) is 0.500. The summed E-state index contributed by atoms with van der Waals surface area (Å²) in [5.41, 5.74) is 1.05. The summed E-state index contributed by atoms with van der Waals surface area (Å²) in [6.07, 6.45) is 0.655. The van der Waals surface area contributed by atoms with Gasteiger partial charge in [0, 0.05) is 5.56 Å². The Labute approximate surface area is 130 Å². The van der Waals surface area contributed by atoms with Crippen LogP contribution in [0.3, 0.4) is 0 Å². The van der Waals surface area contributed by atoms with E-state index in [0.29, 0.717) is 29.0 Å². The molecular formula is C16H23NO5. The number of aliphatic carboxylic acids is 1. The molecule has 2 atom stereocenters. The predicted molar refractivity (Wildman–Crippen MR) is 82.6 cm³/mol. The largest absolute Gasteiger partial charge is 0.493 e. The molecule has 0 aliphatic carbocycles. The molecule has 22 heavy (non-hydrogen) atoms. The predicted octanol–water partition coefficient (Wildman–Crippen LogP) is 2.24. The number of benzene rings is 1. The number of amides is 1. The highest BCUT2D eigenvalue weighted by molar-refractivity contribution is 5.98. The first-order chi connectivity index (χ1) is 10.3. The van der Waals surface area contributed by atoms with Crippen molar-refractivity contribution < 1.29 is 24.2 Å². The molecule has 0 saturated carbocycles. The Morgan fingerprint density at radius 1 is 1.23 bits per heavy atom. The number of carbonyl (C=O) groups is 2. The van der Waals surface area contributed by atoms with E-state index in [4.69, 9.17) is 9.47 Å². The summed E-state index contributed by atoms with van der Waals surface area (Å²) in [4.78, 5) is 23.7. The standard InChI is InChI=1S/C16H23NO5/c1-6-9(2)14(16(19)20)17-15(18)11-8-13(22-5)12(21-4)7-10(11)3/h7-9,14H,6H2,1-5H3,(H,17,18)(H,19,20)/t9-,14-/m0/s1. The SMILES string of the molecule is CC[C@H](C)[C@H](NC(=O)c1cc(OC)c(OC)cc1C)C(=O)O. The molecule has 0 spiro atoms. The van der Waals surface area contributed by atoms with E-state index in [2.05, 4.69) is 5.32 Å². The van der Waals surface area contributed by atoms with Gasteiger partial charge in [-0.3, -0.25) is 4.79 Å². The number of hydrogen-bond acceptors (Lipinski definition) is 4. The van der Waals surface area contributed by atoms with Gasteiger partial charge in [0.25, 0.3) is 5.91 Å². The average Bonchev–Trinajstić information content (AvgIpc) is 2.50. The van der Waals surface area contributed by atoms with Gasteiger partial charge in [-0.05, 0) is 30.5 Å². The fourth-order valence-electron chi connectivity index (χ4n) is 2.13. The number of carboxylic acid groups (broad SMARTS) is 1. The second kappa shape index (κ2) is 7.68. The van der Waals surface area contributed by atoms with E-state index in [0.717, 1.165) is 0 Å². The van der Waals surface area contributed by atoms with Crippen LogP contribution in [0.2, 0.25) is 0 Å². The molecule has 1 aromatic carbocycles. The minimum absolute atomic E-state index is 0.165. The summed E-state index contributed by atoms with van der Waals surface area (Å²) in [5.74, 6) is -0.698. The minimum atomic E-state index is -1.04. The van der Waals surface area contributed by atoms with Crippen molar-refractivity contribution in [3.8, 4) is 11.5 Å². The van der Waals surface area contributed by atoms with Gasteiger partial charge in [0.2, 0.25) is 0 Å². The van der Waals surface area contributed by atoms with Gasteiger partial charge in [0.05, 0.1) is 14.2 Å². The van der Waals surface area contributed by atoms with E-state index >= 15 is 0 Å². The van der Waals surface area contributed by atoms with E-state index < -0.39 is 17.9 Å². The van der Waals surface area contributed by atoms with Crippen molar-refractivity contribution in [1.82, 2.24) is 5.32 Å². The number of hydrogen-bond donors (Lipinski definition) is 2. The summed E-state index contributed by atoms with van der Waals surface area (Å²) < 4.78 is 10.4. The highest BCUT2D eigenvalue weighted by atomic mass is 16.5. The lowest BCUT2D eigenvalue weighted by molar-refractivity contribution is -0.140. The van der Waals surface area contributed by atoms with Gasteiger partial charge in [0.15, 0.2) is 11.5 Å². The van der Waals surface area contributed by atoms with Crippen LogP contribution in [-0.4, -0.2) is 37.2 Å². The van der Waals surface area contributed by atoms with Crippen LogP contribution in [0.1, 0.15) is 36.2 Å². The molecule has 1 aromatic rings. The molecule has 6 nitrogen and oxygen atoms in total. The highest BCUT2D eigenvalue weighted by Crippen LogP contribution is 2.30. The molecule has 0 heterocycles. The lowest BCUT2D eigenvalue weighted by atomic mass is 9.98. The van der Waals surface area contributed by atoms with Gasteiger partial charge >= 0.3 is 5.97 Å². The zero-order valence-corrected chi connectivity index (χ0v) is 13.6. The Bertz CT molecular complexity index is 556. The molecule has 0 fully saturated rings. The number of carbonyl (C=O) groups excluding carboxylic acids is 1. The summed E-state index contributed by atoms with van der Waals surface area (Å²) in [5, 5.41) is 11.8. The van der Waals surface area contributed by atoms with Crippen LogP contribution in [0.5, 0.6) is 11.5 Å². The molecule has 0 aliphatic heterocycles. The van der Waals surface area contributed by atoms with Crippen LogP contribution in [-0.2, 0) is 4.79 Å². The van der Waals surface area contributed by atoms with E-state index in [1.54, 1.807) is 26.0 Å². The topological polar surface area (TPSA) is 84.9 Å². The monoisotopic (exact) mass is 309 g/mol. The smallest absolute Gasteiger partial charge is 0.326 e. The Morgan fingerprint density at radius 2 is 1.77 bits per heavy atom. The van der Waals surface area contributed by atoms with Crippen molar-refractivity contribution in [1.29, 1.82) is 0 Å². The molecule has 0 aromatic heterocycles. The molecule has 1 rings (SSSR count). The molecule has 0 radical (unpaired) electrons. The zero-order valence-electron chi connectivity index (χ0n) is 13.6. The molecule has 2 N–H and O–H groups in total. The van der Waals surface area contributed by atoms with Crippen LogP contribution in [0.15, 0.2) is 12.1 Å². The first kappa shape index (κ1) is 17.8. The van der Waals surface area contributed by atoms with Crippen LogP contribution in [0.4, 0.5) is 0 Å². The van der Waals surface area contributed by atoms with E-state index in [-0.39, 0.29) is 5.92 Å². The van der Waals surface area contributed by atoms with Crippen molar-refractivity contribution in [2.45, 2.75) is 33.2 Å². The Kier molecular flexibility index (Phi) is 6.22. The van der Waals surface area contributed by atoms with Gasteiger partial charge < -0.3 is 19.9 Å². The molecule has 6 heteroatoms. The van der Waals surface area contributed by atoms with Crippen molar-refractivity contribution in [3.63, 3.8) is 0 Å². The van der Waals surface area contributed by atoms with Gasteiger partial charge in [-0.25, -0.2) is 4.79 Å². The van der Waals surface area contributed by atoms with Gasteiger partial charge in [-0.2, -0.15) is 0 Å². The quantitative estimate of drug-likeness (QED) is 0.807. The van der Waals surface area contributed by atoms with Crippen LogP contribution >= 0.6 is 0 Å². The minimum Gasteiger partial charge on any atom is -0.493 e. The second-order valence-corrected chi connectivity index (χ2v) is 5.20. The number of ether oxygens (including phenoxy) is 2. The molecule has 122 valence electrons. The number of rotatable bonds is 7. The molecule has 0 aliphatic rings. The van der Waals surface area contributed by atoms with Gasteiger partial charge in [0.1, 0.15) is 6.04 Å². The van der Waals surface area contributed by atoms with Crippen LogP contribution in [0, 0.1) is 12.8 Å². The molecule has 0 saturated heterocycles. The zero-order chi connectivity index (χ0) is 16.9. The second-order valence-electron chi connectivity index (χ2n) is 5.20. The van der Waals surface area contributed by atoms with Crippen molar-refractivity contribution in [2.75, 3.05) is 14.2 Å². The third-order valence-electron chi connectivity index (χ3n) is 3.74. The van der Waals surface area contributed by atoms with Crippen molar-refractivity contribution in [2.24, 2.45) is 5.92 Å². The summed E-state index contributed by atoms with van der Waals surface area (Å²) >= 11 is 0. The fourth-order valence-corrected chi connectivity index (χ4v) is 2.13. The lowest BCUT2D eigenvalue weighted by Gasteiger charge is -2.21. The molecule has 0 unspecified atom stereocenters. The number of carboxylic acids is 1. The summed E-state index contributed by atoms with van der Waals surface area (Å²) in [6.45, 7) is 5.44. The first-order valence-corrected chi connectivity index (χ1v) is 7.11. The molecule has 1 amide bonds. The third kappa shape index (κ3) is 3.90. The number of aryl methyl sites for hydroxylation is 1. The van der Waals surface area contributed by atoms with Crippen LogP contribution < -0.4 is 14.8 Å². The normalized spacial score (nSPS) is 13.1. The molecular weight excluding hydrogens is 286 g/mol. The highest BCUT2D eigenvalue weighted by Gasteiger charge is 2.26. The Balaban J connectivity index is 3.09. The maximum atomic E-state index is 12.4. The Morgan fingerprint density at radius 3 is 2.23 bits per heavy atom. The van der Waals surface area contributed by atoms with Gasteiger partial charge in [-0.15, -0.1) is 0 Å². The number of nitrogens with one attached hydrogen (secondary N) is 1. The summed E-state index contributed by atoms with van der Waals surface area (Å²) in [6, 6.07) is 2.32. The van der Waals surface area contributed by atoms with E-state index in [1.807, 2.05) is 6.92 Å². The first-order valence-electron chi connectivity index (χ1n) is 7.11. The van der Waals surface area contributed by atoms with E-state index in [9.17, 15) is 14.7 Å². The lowest BCUT2D eigenvalue weighted by Crippen LogP contribution is -2.45. The summed E-state index contributed by atoms with van der Waals surface area (Å²) in [7, 11) is 2.99. The van der Waals surface area contributed by atoms with Crippen LogP contribution in [0.25, 0.3) is 0 Å². The van der Waals surface area contributed by atoms with E-state index in [1.165, 1.54) is 14.2 Å². The maximum Gasteiger partial charge on any atom is 0.326 e. The maximum absolute atomic E-state index is 12.4. The van der Waals surface area contributed by atoms with Gasteiger partial charge in [-0.1, -0.05) is 20.3 Å². The van der Waals surface area contributed by atoms with Crippen molar-refractivity contribution in [3.05, 3.63) is 23.3 Å². The average molecular weight is 309 g/mol. The number of methoxy groups -OCH3 is 2. The Hall–Kier alpha value is -2.24.